The molecule has 0 amide bonds. The van der Waals surface area contributed by atoms with Gasteiger partial charge in [-0.3, -0.25) is 0 Å². The SMILES string of the molecule is COC(=O)C1(C)CCc2ccccc2N1. The number of esters is 1. The molecule has 1 heterocycles. The lowest BCUT2D eigenvalue weighted by Crippen LogP contribution is -2.46. The van der Waals surface area contributed by atoms with Crippen molar-refractivity contribution in [3.63, 3.8) is 0 Å². The standard InChI is InChI=1S/C12H15NO2/c1-12(11(14)15-2)8-7-9-5-3-4-6-10(9)13-12/h3-6,13H,7-8H2,1-2H3. The number of hydrogen-bond acceptors (Lipinski definition) is 3. The summed E-state index contributed by atoms with van der Waals surface area (Å²) in [5.74, 6) is -0.197. The van der Waals surface area contributed by atoms with Crippen LogP contribution in [0.2, 0.25) is 0 Å². The van der Waals surface area contributed by atoms with Gasteiger partial charge in [-0.05, 0) is 31.4 Å². The van der Waals surface area contributed by atoms with Crippen LogP contribution < -0.4 is 5.32 Å². The summed E-state index contributed by atoms with van der Waals surface area (Å²) in [6.45, 7) is 1.88. The summed E-state index contributed by atoms with van der Waals surface area (Å²) in [4.78, 5) is 11.6. The first-order valence-electron chi connectivity index (χ1n) is 5.10. The molecule has 2 rings (SSSR count). The Bertz CT molecular complexity index is 389. The van der Waals surface area contributed by atoms with Gasteiger partial charge in [0.05, 0.1) is 7.11 Å². The van der Waals surface area contributed by atoms with E-state index in [1.54, 1.807) is 0 Å². The van der Waals surface area contributed by atoms with Crippen molar-refractivity contribution < 1.29 is 9.53 Å². The van der Waals surface area contributed by atoms with E-state index in [1.807, 2.05) is 25.1 Å². The second kappa shape index (κ2) is 3.57. The Balaban J connectivity index is 2.28. The predicted octanol–water partition coefficient (Wildman–Crippen LogP) is 1.98. The minimum absolute atomic E-state index is 0.197. The van der Waals surface area contributed by atoms with Gasteiger partial charge in [-0.15, -0.1) is 0 Å². The molecular formula is C12H15NO2. The lowest BCUT2D eigenvalue weighted by atomic mass is 9.88. The number of nitrogens with one attached hydrogen (secondary N) is 1. The monoisotopic (exact) mass is 205 g/mol. The van der Waals surface area contributed by atoms with Crippen molar-refractivity contribution in [2.75, 3.05) is 12.4 Å². The molecule has 1 aliphatic heterocycles. The first-order chi connectivity index (χ1) is 7.15. The predicted molar refractivity (Wildman–Crippen MR) is 58.8 cm³/mol. The molecule has 1 aliphatic rings. The van der Waals surface area contributed by atoms with Gasteiger partial charge in [-0.1, -0.05) is 18.2 Å². The molecule has 15 heavy (non-hydrogen) atoms. The second-order valence-corrected chi connectivity index (χ2v) is 4.11. The van der Waals surface area contributed by atoms with Gasteiger partial charge >= 0.3 is 5.97 Å². The quantitative estimate of drug-likeness (QED) is 0.712. The first-order valence-corrected chi connectivity index (χ1v) is 5.10. The Hall–Kier alpha value is -1.51. The number of ether oxygens (including phenoxy) is 1. The number of para-hydroxylation sites is 1. The number of hydrogen-bond donors (Lipinski definition) is 1. The molecule has 1 unspecified atom stereocenters. The van der Waals surface area contributed by atoms with Crippen LogP contribution in [-0.2, 0) is 16.0 Å². The molecule has 0 spiro atoms. The van der Waals surface area contributed by atoms with E-state index in [4.69, 9.17) is 4.74 Å². The highest BCUT2D eigenvalue weighted by atomic mass is 16.5. The molecule has 0 bridgehead atoms. The summed E-state index contributed by atoms with van der Waals surface area (Å²) in [6, 6.07) is 8.06. The molecule has 1 aromatic rings. The minimum Gasteiger partial charge on any atom is -0.467 e. The Kier molecular flexibility index (Phi) is 2.39. The number of aryl methyl sites for hydroxylation is 1. The van der Waals surface area contributed by atoms with Crippen LogP contribution in [0.1, 0.15) is 18.9 Å². The fraction of sp³-hybridized carbons (Fsp3) is 0.417. The fourth-order valence-electron chi connectivity index (χ4n) is 1.98. The summed E-state index contributed by atoms with van der Waals surface area (Å²) in [6.07, 6.45) is 1.69. The average Bonchev–Trinajstić information content (AvgIpc) is 2.27. The molecule has 0 aliphatic carbocycles. The van der Waals surface area contributed by atoms with Crippen molar-refractivity contribution in [1.82, 2.24) is 0 Å². The van der Waals surface area contributed by atoms with E-state index in [0.717, 1.165) is 18.5 Å². The second-order valence-electron chi connectivity index (χ2n) is 4.11. The molecule has 0 radical (unpaired) electrons. The van der Waals surface area contributed by atoms with Gasteiger partial charge in [0.25, 0.3) is 0 Å². The molecule has 1 N–H and O–H groups in total. The van der Waals surface area contributed by atoms with Crippen LogP contribution in [-0.4, -0.2) is 18.6 Å². The van der Waals surface area contributed by atoms with Crippen LogP contribution in [0.25, 0.3) is 0 Å². The maximum absolute atomic E-state index is 11.6. The Morgan fingerprint density at radius 3 is 2.93 bits per heavy atom. The van der Waals surface area contributed by atoms with E-state index in [-0.39, 0.29) is 5.97 Å². The number of carbonyl (C=O) groups is 1. The minimum atomic E-state index is -0.580. The van der Waals surface area contributed by atoms with E-state index in [2.05, 4.69) is 11.4 Å². The maximum Gasteiger partial charge on any atom is 0.331 e. The summed E-state index contributed by atoms with van der Waals surface area (Å²) >= 11 is 0. The van der Waals surface area contributed by atoms with Crippen LogP contribution in [0, 0.1) is 0 Å². The number of carbonyl (C=O) groups excluding carboxylic acids is 1. The highest BCUT2D eigenvalue weighted by molar-refractivity contribution is 5.85. The van der Waals surface area contributed by atoms with Crippen molar-refractivity contribution >= 4 is 11.7 Å². The number of methoxy groups -OCH3 is 1. The molecule has 1 atom stereocenters. The van der Waals surface area contributed by atoms with Crippen LogP contribution in [0.15, 0.2) is 24.3 Å². The van der Waals surface area contributed by atoms with Crippen LogP contribution in [0.3, 0.4) is 0 Å². The molecule has 0 aromatic heterocycles. The summed E-state index contributed by atoms with van der Waals surface area (Å²) in [5.41, 5.74) is 1.72. The fourth-order valence-corrected chi connectivity index (χ4v) is 1.98. The van der Waals surface area contributed by atoms with Crippen LogP contribution in [0.5, 0.6) is 0 Å². The topological polar surface area (TPSA) is 38.3 Å². The third-order valence-corrected chi connectivity index (χ3v) is 2.96. The smallest absolute Gasteiger partial charge is 0.331 e. The van der Waals surface area contributed by atoms with Crippen molar-refractivity contribution in [2.24, 2.45) is 0 Å². The maximum atomic E-state index is 11.6. The van der Waals surface area contributed by atoms with Crippen LogP contribution >= 0.6 is 0 Å². The van der Waals surface area contributed by atoms with Crippen molar-refractivity contribution in [1.29, 1.82) is 0 Å². The van der Waals surface area contributed by atoms with Crippen molar-refractivity contribution in [3.8, 4) is 0 Å². The zero-order valence-electron chi connectivity index (χ0n) is 9.04. The van der Waals surface area contributed by atoms with Crippen LogP contribution in [0.4, 0.5) is 5.69 Å². The number of fused-ring (bicyclic) bond motifs is 1. The lowest BCUT2D eigenvalue weighted by Gasteiger charge is -2.34. The highest BCUT2D eigenvalue weighted by Crippen LogP contribution is 2.30. The number of benzene rings is 1. The molecule has 3 heteroatoms. The third-order valence-electron chi connectivity index (χ3n) is 2.96. The molecule has 1 aromatic carbocycles. The molecule has 0 saturated carbocycles. The normalized spacial score (nSPS) is 23.9. The van der Waals surface area contributed by atoms with Gasteiger partial charge < -0.3 is 10.1 Å². The molecule has 80 valence electrons. The van der Waals surface area contributed by atoms with Gasteiger partial charge in [0, 0.05) is 5.69 Å². The summed E-state index contributed by atoms with van der Waals surface area (Å²) in [5, 5.41) is 3.25. The summed E-state index contributed by atoms with van der Waals surface area (Å²) in [7, 11) is 1.43. The van der Waals surface area contributed by atoms with Crippen molar-refractivity contribution in [3.05, 3.63) is 29.8 Å². The Labute approximate surface area is 89.4 Å². The van der Waals surface area contributed by atoms with Crippen molar-refractivity contribution in [2.45, 2.75) is 25.3 Å². The average molecular weight is 205 g/mol. The Morgan fingerprint density at radius 2 is 2.20 bits per heavy atom. The van der Waals surface area contributed by atoms with Gasteiger partial charge in [0.2, 0.25) is 0 Å². The van der Waals surface area contributed by atoms with E-state index in [9.17, 15) is 4.79 Å². The van der Waals surface area contributed by atoms with E-state index < -0.39 is 5.54 Å². The molecule has 3 nitrogen and oxygen atoms in total. The summed E-state index contributed by atoms with van der Waals surface area (Å²) < 4.78 is 4.81. The van der Waals surface area contributed by atoms with Gasteiger partial charge in [-0.25, -0.2) is 4.79 Å². The molecule has 0 saturated heterocycles. The molecular weight excluding hydrogens is 190 g/mol. The van der Waals surface area contributed by atoms with E-state index in [1.165, 1.54) is 12.7 Å². The third kappa shape index (κ3) is 1.69. The number of anilines is 1. The van der Waals surface area contributed by atoms with E-state index >= 15 is 0 Å². The van der Waals surface area contributed by atoms with E-state index in [0.29, 0.717) is 0 Å². The largest absolute Gasteiger partial charge is 0.467 e. The zero-order chi connectivity index (χ0) is 10.9. The highest BCUT2D eigenvalue weighted by Gasteiger charge is 2.37. The Morgan fingerprint density at radius 1 is 1.47 bits per heavy atom. The number of rotatable bonds is 1. The zero-order valence-corrected chi connectivity index (χ0v) is 9.04. The first kappa shape index (κ1) is 10.0. The van der Waals surface area contributed by atoms with Gasteiger partial charge in [0.15, 0.2) is 0 Å². The van der Waals surface area contributed by atoms with Gasteiger partial charge in [-0.2, -0.15) is 0 Å². The lowest BCUT2D eigenvalue weighted by molar-refractivity contribution is -0.145. The molecule has 0 fully saturated rings. The van der Waals surface area contributed by atoms with Gasteiger partial charge in [0.1, 0.15) is 5.54 Å².